The Hall–Kier alpha value is -2.39. The number of carboxylic acid groups (broad SMARTS) is 1. The molecule has 18 nitrogen and oxygen atoms in total. The molecule has 0 aromatic carbocycles. The van der Waals surface area contributed by atoms with Gasteiger partial charge in [0.25, 0.3) is 0 Å². The van der Waals surface area contributed by atoms with Gasteiger partial charge in [0.15, 0.2) is 11.1 Å². The maximum Gasteiger partial charge on any atom is 0.307 e. The number of carbonyl (C=O) groups excluding carboxylic acids is 1. The van der Waals surface area contributed by atoms with Crippen molar-refractivity contribution in [2.24, 2.45) is 23.7 Å². The molecule has 0 aromatic rings. The highest BCUT2D eigenvalue weighted by atomic mass is 32.2. The van der Waals surface area contributed by atoms with Gasteiger partial charge >= 0.3 is 5.97 Å². The molecule has 19 heteroatoms. The Morgan fingerprint density at radius 1 is 0.644 bits per heavy atom. The Bertz CT molecular complexity index is 1370. The highest BCUT2D eigenvalue weighted by Crippen LogP contribution is 2.36. The van der Waals surface area contributed by atoms with Gasteiger partial charge in [-0.25, -0.2) is 9.10 Å². The third-order valence-electron chi connectivity index (χ3n) is 14.2. The monoisotopic (exact) mass is 858 g/mol. The first-order valence-corrected chi connectivity index (χ1v) is 23.4. The van der Waals surface area contributed by atoms with Crippen LogP contribution in [0.25, 0.3) is 0 Å². The molecule has 7 atom stereocenters. The fourth-order valence-electron chi connectivity index (χ4n) is 10.8. The molecule has 0 radical (unpaired) electrons. The van der Waals surface area contributed by atoms with E-state index in [4.69, 9.17) is 23.8 Å². The van der Waals surface area contributed by atoms with E-state index in [0.717, 1.165) is 103 Å². The van der Waals surface area contributed by atoms with Crippen LogP contribution in [-0.4, -0.2) is 109 Å². The minimum absolute atomic E-state index is 0.0203. The standard InChI is InChI=1S/C40H66N4O14S/c45-39(38-34(40(46)47)4-2-6-37(38)44(50)51)41-26-7-11-28(12-8-26)57-31-19-21-33(22-20-31)59(53)58-32-17-15-30(16-18-32)56-29-13-9-27(10-14-29)42-54-24-35-25(23-55-52)3-1-5-36(35)43(48)49/h25-38,42,52H,1-24H2,(H,41,45)(H,46,47). The lowest BCUT2D eigenvalue weighted by atomic mass is 9.75. The van der Waals surface area contributed by atoms with Gasteiger partial charge < -0.3 is 24.7 Å². The van der Waals surface area contributed by atoms with Crippen molar-refractivity contribution in [3.63, 3.8) is 0 Å². The smallest absolute Gasteiger partial charge is 0.307 e. The molecule has 0 aliphatic heterocycles. The molecule has 6 aliphatic carbocycles. The van der Waals surface area contributed by atoms with Crippen LogP contribution in [0.4, 0.5) is 0 Å². The van der Waals surface area contributed by atoms with Crippen molar-refractivity contribution in [1.82, 2.24) is 10.8 Å². The second kappa shape index (κ2) is 22.6. The van der Waals surface area contributed by atoms with E-state index in [1.807, 2.05) is 0 Å². The number of nitro groups is 2. The zero-order chi connectivity index (χ0) is 41.9. The number of hydroxylamine groups is 1. The molecule has 0 bridgehead atoms. The highest BCUT2D eigenvalue weighted by molar-refractivity contribution is 7.80. The SMILES string of the molecule is O=C(O)C1CCCC([N+](=O)[O-])C1C(=O)NC1CCC(OC2CCC(S(=O)OC3CCC(OC4CCC(NOCC5C(COO)CCCC5[N+](=O)[O-])CC4)CC3)CC2)CC1. The minimum Gasteiger partial charge on any atom is -0.481 e. The van der Waals surface area contributed by atoms with E-state index in [1.165, 1.54) is 0 Å². The first-order valence-electron chi connectivity index (χ1n) is 22.3. The number of nitrogens with one attached hydrogen (secondary N) is 2. The van der Waals surface area contributed by atoms with E-state index in [0.29, 0.717) is 25.7 Å². The molecule has 59 heavy (non-hydrogen) atoms. The van der Waals surface area contributed by atoms with Crippen LogP contribution in [0.3, 0.4) is 0 Å². The van der Waals surface area contributed by atoms with Crippen LogP contribution in [0.2, 0.25) is 0 Å². The summed E-state index contributed by atoms with van der Waals surface area (Å²) in [4.78, 5) is 57.6. The summed E-state index contributed by atoms with van der Waals surface area (Å²) in [6.07, 6.45) is 16.3. The molecule has 1 amide bonds. The number of rotatable bonds is 18. The summed E-state index contributed by atoms with van der Waals surface area (Å²) in [5.41, 5.74) is 3.14. The molecule has 0 aromatic heterocycles. The molecule has 6 saturated carbocycles. The fourth-order valence-corrected chi connectivity index (χ4v) is 12.1. The Labute approximate surface area is 348 Å². The maximum absolute atomic E-state index is 13.3. The summed E-state index contributed by atoms with van der Waals surface area (Å²) in [5, 5.41) is 44.7. The van der Waals surface area contributed by atoms with Crippen LogP contribution in [0.5, 0.6) is 0 Å². The van der Waals surface area contributed by atoms with E-state index in [1.54, 1.807) is 0 Å². The zero-order valence-electron chi connectivity index (χ0n) is 34.1. The van der Waals surface area contributed by atoms with Crippen molar-refractivity contribution < 1.29 is 57.4 Å². The second-order valence-corrected chi connectivity index (χ2v) is 19.4. The number of aliphatic carboxylic acids is 1. The molecule has 6 rings (SSSR count). The number of amides is 1. The van der Waals surface area contributed by atoms with Crippen LogP contribution in [0.1, 0.15) is 141 Å². The van der Waals surface area contributed by atoms with Crippen LogP contribution in [-0.2, 0) is 44.1 Å². The van der Waals surface area contributed by atoms with Gasteiger partial charge in [0.05, 0.1) is 60.8 Å². The van der Waals surface area contributed by atoms with Crippen molar-refractivity contribution in [2.45, 2.75) is 201 Å². The molecule has 4 N–H and O–H groups in total. The summed E-state index contributed by atoms with van der Waals surface area (Å²) in [7, 11) is 0. The molecule has 0 saturated heterocycles. The summed E-state index contributed by atoms with van der Waals surface area (Å²) in [5.74, 6) is -4.32. The van der Waals surface area contributed by atoms with Crippen LogP contribution in [0, 0.1) is 43.9 Å². The third-order valence-corrected chi connectivity index (χ3v) is 15.7. The molecule has 0 heterocycles. The van der Waals surface area contributed by atoms with E-state index < -0.39 is 51.8 Å². The van der Waals surface area contributed by atoms with Crippen LogP contribution >= 0.6 is 0 Å². The lowest BCUT2D eigenvalue weighted by Crippen LogP contribution is -2.52. The number of carboxylic acids is 1. The molecule has 6 aliphatic rings. The quantitative estimate of drug-likeness (QED) is 0.0778. The van der Waals surface area contributed by atoms with Crippen LogP contribution in [0.15, 0.2) is 0 Å². The van der Waals surface area contributed by atoms with Crippen molar-refractivity contribution >= 4 is 23.0 Å². The van der Waals surface area contributed by atoms with Gasteiger partial charge in [-0.15, -0.1) is 0 Å². The summed E-state index contributed by atoms with van der Waals surface area (Å²) < 4.78 is 32.3. The summed E-state index contributed by atoms with van der Waals surface area (Å²) in [6, 6.07) is -1.89. The lowest BCUT2D eigenvalue weighted by molar-refractivity contribution is -0.540. The second-order valence-electron chi connectivity index (χ2n) is 18.1. The predicted octanol–water partition coefficient (Wildman–Crippen LogP) is 5.28. The lowest BCUT2D eigenvalue weighted by Gasteiger charge is -2.36. The van der Waals surface area contributed by atoms with Crippen molar-refractivity contribution in [2.75, 3.05) is 13.2 Å². The van der Waals surface area contributed by atoms with Crippen molar-refractivity contribution in [3.05, 3.63) is 20.2 Å². The van der Waals surface area contributed by atoms with Gasteiger partial charge in [-0.2, -0.15) is 5.48 Å². The predicted molar refractivity (Wildman–Crippen MR) is 212 cm³/mol. The molecular weight excluding hydrogens is 793 g/mol. The van der Waals surface area contributed by atoms with Gasteiger partial charge in [-0.05, 0) is 134 Å². The number of carbonyl (C=O) groups is 2. The van der Waals surface area contributed by atoms with Gasteiger partial charge in [-0.1, -0.05) is 0 Å². The van der Waals surface area contributed by atoms with E-state index in [-0.39, 0.29) is 90.7 Å². The molecule has 0 spiro atoms. The van der Waals surface area contributed by atoms with E-state index in [2.05, 4.69) is 15.7 Å². The van der Waals surface area contributed by atoms with Gasteiger partial charge in [0, 0.05) is 34.8 Å². The first kappa shape index (κ1) is 46.1. The Morgan fingerprint density at radius 3 is 1.71 bits per heavy atom. The number of hydrogen-bond acceptors (Lipinski definition) is 14. The summed E-state index contributed by atoms with van der Waals surface area (Å²) in [6.45, 7) is 0.276. The van der Waals surface area contributed by atoms with Gasteiger partial charge in [0.1, 0.15) is 5.92 Å². The number of nitrogens with zero attached hydrogens (tertiary/aromatic N) is 2. The third kappa shape index (κ3) is 13.1. The molecule has 7 unspecified atom stereocenters. The minimum atomic E-state index is -1.37. The van der Waals surface area contributed by atoms with E-state index in [9.17, 15) is 39.1 Å². The largest absolute Gasteiger partial charge is 0.481 e. The Morgan fingerprint density at radius 2 is 1.15 bits per heavy atom. The zero-order valence-corrected chi connectivity index (χ0v) is 35.0. The number of hydrogen-bond donors (Lipinski definition) is 4. The van der Waals surface area contributed by atoms with Gasteiger partial charge in [-0.3, -0.25) is 39.3 Å². The fraction of sp³-hybridized carbons (Fsp3) is 0.950. The Kier molecular flexibility index (Phi) is 17.7. The first-order chi connectivity index (χ1) is 28.5. The van der Waals surface area contributed by atoms with Gasteiger partial charge in [0.2, 0.25) is 18.0 Å². The highest BCUT2D eigenvalue weighted by Gasteiger charge is 2.49. The topological polar surface area (TPSA) is 248 Å². The average molecular weight is 859 g/mol. The molecule has 6 fully saturated rings. The molecule has 336 valence electrons. The Balaban J connectivity index is 0.809. The van der Waals surface area contributed by atoms with Crippen molar-refractivity contribution in [3.8, 4) is 0 Å². The van der Waals surface area contributed by atoms with Crippen LogP contribution < -0.4 is 10.8 Å². The number of ether oxygens (including phenoxy) is 2. The maximum atomic E-state index is 13.3. The van der Waals surface area contributed by atoms with E-state index >= 15 is 0 Å². The van der Waals surface area contributed by atoms with Crippen molar-refractivity contribution in [1.29, 1.82) is 0 Å². The molecular formula is C40H66N4O14S. The summed E-state index contributed by atoms with van der Waals surface area (Å²) >= 11 is -1.37. The normalized spacial score (nSPS) is 38.8. The average Bonchev–Trinajstić information content (AvgIpc) is 3.23.